The molecule has 0 radical (unpaired) electrons. The molecule has 1 fully saturated rings. The monoisotopic (exact) mass is 272 g/mol. The smallest absolute Gasteiger partial charge is 0.407 e. The number of hydrogen-bond donors (Lipinski definition) is 2. The summed E-state index contributed by atoms with van der Waals surface area (Å²) in [5, 5.41) is 6.18. The van der Waals surface area contributed by atoms with E-state index in [4.69, 9.17) is 9.47 Å². The van der Waals surface area contributed by atoms with Crippen molar-refractivity contribution in [3.05, 3.63) is 0 Å². The van der Waals surface area contributed by atoms with Crippen molar-refractivity contribution in [2.45, 2.75) is 58.8 Å². The number of nitrogens with one attached hydrogen (secondary N) is 2. The maximum atomic E-state index is 11.4. The highest BCUT2D eigenvalue weighted by atomic mass is 16.6. The van der Waals surface area contributed by atoms with Crippen molar-refractivity contribution in [2.75, 3.05) is 20.2 Å². The van der Waals surface area contributed by atoms with Crippen LogP contribution in [0.15, 0.2) is 0 Å². The van der Waals surface area contributed by atoms with E-state index >= 15 is 0 Å². The molecule has 1 aliphatic rings. The van der Waals surface area contributed by atoms with Crippen LogP contribution in [0.2, 0.25) is 0 Å². The second-order valence-corrected chi connectivity index (χ2v) is 6.72. The lowest BCUT2D eigenvalue weighted by molar-refractivity contribution is -0.0971. The SMILES string of the molecule is COC1CC(NCCNC(=O)OC(C)(C)C)C1(C)C. The fourth-order valence-corrected chi connectivity index (χ4v) is 2.36. The van der Waals surface area contributed by atoms with Gasteiger partial charge in [0, 0.05) is 31.7 Å². The molecule has 5 nitrogen and oxygen atoms in total. The van der Waals surface area contributed by atoms with Crippen LogP contribution in [0.25, 0.3) is 0 Å². The van der Waals surface area contributed by atoms with Gasteiger partial charge in [-0.25, -0.2) is 4.79 Å². The zero-order chi connectivity index (χ0) is 14.7. The Bertz CT molecular complexity index is 310. The number of hydrogen-bond acceptors (Lipinski definition) is 4. The van der Waals surface area contributed by atoms with Gasteiger partial charge in [0.1, 0.15) is 5.60 Å². The highest BCUT2D eigenvalue weighted by molar-refractivity contribution is 5.67. The third-order valence-corrected chi connectivity index (χ3v) is 3.65. The number of carbonyl (C=O) groups is 1. The summed E-state index contributed by atoms with van der Waals surface area (Å²) in [5.74, 6) is 0. The Morgan fingerprint density at radius 2 is 1.95 bits per heavy atom. The molecular weight excluding hydrogens is 244 g/mol. The van der Waals surface area contributed by atoms with Gasteiger partial charge in [-0.05, 0) is 27.2 Å². The summed E-state index contributed by atoms with van der Waals surface area (Å²) in [4.78, 5) is 11.4. The average Bonchev–Trinajstić information content (AvgIpc) is 2.24. The molecule has 0 aliphatic heterocycles. The second kappa shape index (κ2) is 6.09. The van der Waals surface area contributed by atoms with E-state index in [1.54, 1.807) is 7.11 Å². The topological polar surface area (TPSA) is 59.6 Å². The van der Waals surface area contributed by atoms with Crippen LogP contribution >= 0.6 is 0 Å². The lowest BCUT2D eigenvalue weighted by atomic mass is 9.64. The Labute approximate surface area is 116 Å². The Hall–Kier alpha value is -0.810. The van der Waals surface area contributed by atoms with Crippen molar-refractivity contribution < 1.29 is 14.3 Å². The van der Waals surface area contributed by atoms with Crippen molar-refractivity contribution >= 4 is 6.09 Å². The van der Waals surface area contributed by atoms with Crippen LogP contribution in [0, 0.1) is 5.41 Å². The largest absolute Gasteiger partial charge is 0.444 e. The molecule has 0 heterocycles. The Morgan fingerprint density at radius 1 is 1.32 bits per heavy atom. The summed E-state index contributed by atoms with van der Waals surface area (Å²) in [6, 6.07) is 0.442. The Kier molecular flexibility index (Phi) is 5.21. The molecule has 0 saturated heterocycles. The van der Waals surface area contributed by atoms with Gasteiger partial charge in [0.25, 0.3) is 0 Å². The molecule has 0 spiro atoms. The van der Waals surface area contributed by atoms with Crippen molar-refractivity contribution in [1.29, 1.82) is 0 Å². The number of rotatable bonds is 5. The van der Waals surface area contributed by atoms with Crippen LogP contribution in [0.4, 0.5) is 4.79 Å². The van der Waals surface area contributed by atoms with E-state index in [0.717, 1.165) is 13.0 Å². The first kappa shape index (κ1) is 16.2. The minimum absolute atomic E-state index is 0.153. The number of methoxy groups -OCH3 is 1. The Morgan fingerprint density at radius 3 is 2.42 bits per heavy atom. The van der Waals surface area contributed by atoms with Crippen molar-refractivity contribution in [3.8, 4) is 0 Å². The van der Waals surface area contributed by atoms with Crippen LogP contribution < -0.4 is 10.6 Å². The van der Waals surface area contributed by atoms with Crippen molar-refractivity contribution in [3.63, 3.8) is 0 Å². The lowest BCUT2D eigenvalue weighted by Gasteiger charge is -2.51. The average molecular weight is 272 g/mol. The fraction of sp³-hybridized carbons (Fsp3) is 0.929. The van der Waals surface area contributed by atoms with Gasteiger partial charge in [0.2, 0.25) is 0 Å². The normalized spacial score (nSPS) is 25.6. The highest BCUT2D eigenvalue weighted by Gasteiger charge is 2.47. The first-order chi connectivity index (χ1) is 8.66. The molecule has 1 aliphatic carbocycles. The summed E-state index contributed by atoms with van der Waals surface area (Å²) in [7, 11) is 1.76. The zero-order valence-electron chi connectivity index (χ0n) is 13.0. The number of alkyl carbamates (subject to hydrolysis) is 1. The van der Waals surface area contributed by atoms with Gasteiger partial charge < -0.3 is 20.1 Å². The molecule has 0 aromatic carbocycles. The molecule has 2 atom stereocenters. The molecule has 1 rings (SSSR count). The molecule has 2 N–H and O–H groups in total. The van der Waals surface area contributed by atoms with Crippen molar-refractivity contribution in [2.24, 2.45) is 5.41 Å². The summed E-state index contributed by atoms with van der Waals surface area (Å²) in [5.41, 5.74) is -0.292. The molecule has 112 valence electrons. The summed E-state index contributed by atoms with van der Waals surface area (Å²) in [6.45, 7) is 11.3. The molecule has 0 aromatic rings. The molecule has 5 heteroatoms. The minimum atomic E-state index is -0.445. The quantitative estimate of drug-likeness (QED) is 0.751. The van der Waals surface area contributed by atoms with Crippen LogP contribution in [-0.4, -0.2) is 44.0 Å². The van der Waals surface area contributed by atoms with Crippen LogP contribution in [-0.2, 0) is 9.47 Å². The third-order valence-electron chi connectivity index (χ3n) is 3.65. The summed E-state index contributed by atoms with van der Waals surface area (Å²) < 4.78 is 10.6. The highest BCUT2D eigenvalue weighted by Crippen LogP contribution is 2.42. The maximum absolute atomic E-state index is 11.4. The standard InChI is InChI=1S/C14H28N2O3/c1-13(2,3)19-12(17)16-8-7-15-10-9-11(18-6)14(10,4)5/h10-11,15H,7-9H2,1-6H3,(H,16,17). The molecule has 1 saturated carbocycles. The summed E-state index contributed by atoms with van der Waals surface area (Å²) >= 11 is 0. The van der Waals surface area contributed by atoms with Gasteiger partial charge in [-0.2, -0.15) is 0 Å². The van der Waals surface area contributed by atoms with E-state index in [1.807, 2.05) is 20.8 Å². The molecular formula is C14H28N2O3. The number of amides is 1. The zero-order valence-corrected chi connectivity index (χ0v) is 13.0. The number of carbonyl (C=O) groups excluding carboxylic acids is 1. The van der Waals surface area contributed by atoms with Gasteiger partial charge in [-0.1, -0.05) is 13.8 Å². The van der Waals surface area contributed by atoms with E-state index < -0.39 is 5.60 Å². The molecule has 0 bridgehead atoms. The minimum Gasteiger partial charge on any atom is -0.444 e. The maximum Gasteiger partial charge on any atom is 0.407 e. The fourth-order valence-electron chi connectivity index (χ4n) is 2.36. The van der Waals surface area contributed by atoms with E-state index in [2.05, 4.69) is 24.5 Å². The van der Waals surface area contributed by atoms with Crippen LogP contribution in [0.1, 0.15) is 41.0 Å². The van der Waals surface area contributed by atoms with Gasteiger partial charge in [0.15, 0.2) is 0 Å². The van der Waals surface area contributed by atoms with Gasteiger partial charge in [-0.15, -0.1) is 0 Å². The first-order valence-corrected chi connectivity index (χ1v) is 6.90. The van der Waals surface area contributed by atoms with Gasteiger partial charge >= 0.3 is 6.09 Å². The second-order valence-electron chi connectivity index (χ2n) is 6.72. The van der Waals surface area contributed by atoms with E-state index in [9.17, 15) is 4.79 Å². The van der Waals surface area contributed by atoms with E-state index in [1.165, 1.54) is 0 Å². The van der Waals surface area contributed by atoms with Crippen LogP contribution in [0.3, 0.4) is 0 Å². The van der Waals surface area contributed by atoms with Crippen LogP contribution in [0.5, 0.6) is 0 Å². The molecule has 1 amide bonds. The van der Waals surface area contributed by atoms with Gasteiger partial charge in [0.05, 0.1) is 6.10 Å². The Balaban J connectivity index is 2.14. The van der Waals surface area contributed by atoms with E-state index in [-0.39, 0.29) is 11.5 Å². The van der Waals surface area contributed by atoms with Gasteiger partial charge in [-0.3, -0.25) is 0 Å². The predicted octanol–water partition coefficient (Wildman–Crippen LogP) is 1.91. The van der Waals surface area contributed by atoms with Crippen molar-refractivity contribution in [1.82, 2.24) is 10.6 Å². The molecule has 2 unspecified atom stereocenters. The third kappa shape index (κ3) is 4.66. The number of ether oxygens (including phenoxy) is 2. The first-order valence-electron chi connectivity index (χ1n) is 6.90. The molecule has 19 heavy (non-hydrogen) atoms. The summed E-state index contributed by atoms with van der Waals surface area (Å²) in [6.07, 6.45) is 0.983. The van der Waals surface area contributed by atoms with E-state index in [0.29, 0.717) is 18.7 Å². The lowest BCUT2D eigenvalue weighted by Crippen LogP contribution is -2.61. The predicted molar refractivity (Wildman–Crippen MR) is 75.2 cm³/mol. The molecule has 0 aromatic heterocycles.